The van der Waals surface area contributed by atoms with E-state index in [0.29, 0.717) is 22.5 Å². The molecule has 96 valence electrons. The largest absolute Gasteiger partial charge is 0.314 e. The van der Waals surface area contributed by atoms with Crippen LogP contribution in [0, 0.1) is 5.92 Å². The van der Waals surface area contributed by atoms with Crippen molar-refractivity contribution in [1.29, 1.82) is 0 Å². The number of rotatable bonds is 5. The first-order valence-corrected chi connectivity index (χ1v) is 7.96. The second kappa shape index (κ2) is 6.75. The van der Waals surface area contributed by atoms with Gasteiger partial charge in [0, 0.05) is 27.3 Å². The summed E-state index contributed by atoms with van der Waals surface area (Å²) in [6.45, 7) is 9.67. The van der Waals surface area contributed by atoms with Crippen LogP contribution in [0.2, 0.25) is 0 Å². The molecule has 1 aliphatic carbocycles. The van der Waals surface area contributed by atoms with Gasteiger partial charge in [-0.1, -0.05) is 34.1 Å². The van der Waals surface area contributed by atoms with Gasteiger partial charge in [0.25, 0.3) is 0 Å². The Kier molecular flexibility index (Phi) is 5.98. The van der Waals surface area contributed by atoms with E-state index in [1.807, 2.05) is 0 Å². The molecule has 0 spiro atoms. The van der Waals surface area contributed by atoms with Gasteiger partial charge in [-0.05, 0) is 31.7 Å². The first kappa shape index (κ1) is 14.2. The van der Waals surface area contributed by atoms with Gasteiger partial charge in [-0.15, -0.1) is 0 Å². The molecule has 1 N–H and O–H groups in total. The van der Waals surface area contributed by atoms with E-state index in [9.17, 15) is 4.21 Å². The molecular weight excluding hydrogens is 218 g/mol. The monoisotopic (exact) mass is 245 g/mol. The Morgan fingerprint density at radius 2 is 2.00 bits per heavy atom. The summed E-state index contributed by atoms with van der Waals surface area (Å²) in [5.41, 5.74) is 0. The maximum Gasteiger partial charge on any atom is 0.0365 e. The molecule has 1 rings (SSSR count). The van der Waals surface area contributed by atoms with Crippen molar-refractivity contribution in [2.75, 3.05) is 6.54 Å². The summed E-state index contributed by atoms with van der Waals surface area (Å²) in [7, 11) is -0.646. The molecule has 0 aliphatic heterocycles. The summed E-state index contributed by atoms with van der Waals surface area (Å²) in [5, 5.41) is 4.27. The lowest BCUT2D eigenvalue weighted by atomic mass is 9.95. The molecule has 0 radical (unpaired) electrons. The number of nitrogens with one attached hydrogen (secondary N) is 1. The van der Waals surface area contributed by atoms with Crippen LogP contribution < -0.4 is 5.32 Å². The Hall–Kier alpha value is 0.110. The highest BCUT2D eigenvalue weighted by molar-refractivity contribution is 7.86. The van der Waals surface area contributed by atoms with E-state index in [1.165, 1.54) is 12.8 Å². The van der Waals surface area contributed by atoms with E-state index in [4.69, 9.17) is 0 Å². The lowest BCUT2D eigenvalue weighted by molar-refractivity contribution is 0.382. The predicted octanol–water partition coefficient (Wildman–Crippen LogP) is 2.70. The molecule has 1 fully saturated rings. The number of hydrogen-bond acceptors (Lipinski definition) is 2. The minimum atomic E-state index is -0.646. The molecule has 0 heterocycles. The maximum absolute atomic E-state index is 12.4. The van der Waals surface area contributed by atoms with Crippen molar-refractivity contribution in [2.45, 2.75) is 69.9 Å². The van der Waals surface area contributed by atoms with Gasteiger partial charge in [-0.3, -0.25) is 4.21 Å². The summed E-state index contributed by atoms with van der Waals surface area (Å²) in [4.78, 5) is 0. The van der Waals surface area contributed by atoms with Crippen LogP contribution in [0.5, 0.6) is 0 Å². The zero-order chi connectivity index (χ0) is 12.1. The van der Waals surface area contributed by atoms with E-state index in [0.717, 1.165) is 19.4 Å². The molecule has 0 amide bonds. The summed E-state index contributed by atoms with van der Waals surface area (Å²) in [6.07, 6.45) is 4.76. The second-order valence-electron chi connectivity index (χ2n) is 5.32. The van der Waals surface area contributed by atoms with E-state index in [1.54, 1.807) is 0 Å². The zero-order valence-corrected chi connectivity index (χ0v) is 12.0. The van der Waals surface area contributed by atoms with Crippen molar-refractivity contribution in [3.63, 3.8) is 0 Å². The van der Waals surface area contributed by atoms with E-state index in [2.05, 4.69) is 33.0 Å². The average Bonchev–Trinajstić information content (AvgIpc) is 2.28. The Morgan fingerprint density at radius 3 is 2.56 bits per heavy atom. The van der Waals surface area contributed by atoms with Crippen LogP contribution in [0.25, 0.3) is 0 Å². The molecule has 1 aliphatic rings. The fraction of sp³-hybridized carbons (Fsp3) is 1.00. The van der Waals surface area contributed by atoms with Crippen molar-refractivity contribution in [1.82, 2.24) is 5.32 Å². The molecule has 0 aromatic heterocycles. The normalized spacial score (nSPS) is 30.3. The lowest BCUT2D eigenvalue weighted by Crippen LogP contribution is -2.39. The Balaban J connectivity index is 2.49. The van der Waals surface area contributed by atoms with Gasteiger partial charge in [0.05, 0.1) is 0 Å². The van der Waals surface area contributed by atoms with Crippen LogP contribution in [0.1, 0.15) is 53.4 Å². The first-order chi connectivity index (χ1) is 7.56. The summed E-state index contributed by atoms with van der Waals surface area (Å²) < 4.78 is 12.4. The van der Waals surface area contributed by atoms with Crippen molar-refractivity contribution in [3.8, 4) is 0 Å². The van der Waals surface area contributed by atoms with Crippen LogP contribution in [0.3, 0.4) is 0 Å². The standard InChI is InChI=1S/C13H27NOS/c1-5-14-12-7-6-8-13(9-12)16(15)11(4)10(2)3/h10-14H,5-9H2,1-4H3. The third-order valence-electron chi connectivity index (χ3n) is 3.75. The topological polar surface area (TPSA) is 29.1 Å². The van der Waals surface area contributed by atoms with Crippen LogP contribution in [0.4, 0.5) is 0 Å². The lowest BCUT2D eigenvalue weighted by Gasteiger charge is -2.31. The quantitative estimate of drug-likeness (QED) is 0.807. The molecule has 0 bridgehead atoms. The van der Waals surface area contributed by atoms with Gasteiger partial charge >= 0.3 is 0 Å². The molecule has 4 atom stereocenters. The van der Waals surface area contributed by atoms with Gasteiger partial charge in [-0.25, -0.2) is 0 Å². The third-order valence-corrected chi connectivity index (χ3v) is 6.12. The third kappa shape index (κ3) is 3.85. The SMILES string of the molecule is CCNC1CCCC(S(=O)C(C)C(C)C)C1. The van der Waals surface area contributed by atoms with Gasteiger partial charge in [-0.2, -0.15) is 0 Å². The molecule has 3 heteroatoms. The second-order valence-corrected chi connectivity index (χ2v) is 7.39. The van der Waals surface area contributed by atoms with Crippen molar-refractivity contribution < 1.29 is 4.21 Å². The summed E-state index contributed by atoms with van der Waals surface area (Å²) in [5.74, 6) is 0.528. The van der Waals surface area contributed by atoms with E-state index >= 15 is 0 Å². The summed E-state index contributed by atoms with van der Waals surface area (Å²) >= 11 is 0. The Bertz CT molecular complexity index is 228. The van der Waals surface area contributed by atoms with Gasteiger partial charge in [0.15, 0.2) is 0 Å². The van der Waals surface area contributed by atoms with Crippen LogP contribution in [-0.2, 0) is 10.8 Å². The zero-order valence-electron chi connectivity index (χ0n) is 11.2. The molecule has 1 saturated carbocycles. The fourth-order valence-corrected chi connectivity index (χ4v) is 4.37. The highest BCUT2D eigenvalue weighted by Crippen LogP contribution is 2.26. The summed E-state index contributed by atoms with van der Waals surface area (Å²) in [6, 6.07) is 0.604. The average molecular weight is 245 g/mol. The van der Waals surface area contributed by atoms with Gasteiger partial charge < -0.3 is 5.32 Å². The highest BCUT2D eigenvalue weighted by Gasteiger charge is 2.29. The van der Waals surface area contributed by atoms with Crippen LogP contribution in [-0.4, -0.2) is 27.3 Å². The van der Waals surface area contributed by atoms with Crippen molar-refractivity contribution >= 4 is 10.8 Å². The van der Waals surface area contributed by atoms with Crippen LogP contribution >= 0.6 is 0 Å². The molecular formula is C13H27NOS. The van der Waals surface area contributed by atoms with Crippen molar-refractivity contribution in [2.24, 2.45) is 5.92 Å². The first-order valence-electron chi connectivity index (χ1n) is 6.69. The molecule has 0 aromatic rings. The number of hydrogen-bond donors (Lipinski definition) is 1. The smallest absolute Gasteiger partial charge is 0.0365 e. The van der Waals surface area contributed by atoms with Crippen LogP contribution in [0.15, 0.2) is 0 Å². The minimum Gasteiger partial charge on any atom is -0.314 e. The maximum atomic E-state index is 12.4. The minimum absolute atomic E-state index is 0.338. The van der Waals surface area contributed by atoms with Gasteiger partial charge in [0.1, 0.15) is 0 Å². The molecule has 2 nitrogen and oxygen atoms in total. The Morgan fingerprint density at radius 1 is 1.31 bits per heavy atom. The van der Waals surface area contributed by atoms with E-state index in [-0.39, 0.29) is 0 Å². The molecule has 4 unspecified atom stereocenters. The molecule has 0 saturated heterocycles. The Labute approximate surface area is 103 Å². The highest BCUT2D eigenvalue weighted by atomic mass is 32.2. The molecule has 16 heavy (non-hydrogen) atoms. The predicted molar refractivity (Wildman–Crippen MR) is 72.2 cm³/mol. The van der Waals surface area contributed by atoms with Gasteiger partial charge in [0.2, 0.25) is 0 Å². The molecule has 0 aromatic carbocycles. The van der Waals surface area contributed by atoms with E-state index < -0.39 is 10.8 Å². The van der Waals surface area contributed by atoms with Crippen molar-refractivity contribution in [3.05, 3.63) is 0 Å². The fourth-order valence-electron chi connectivity index (χ4n) is 2.40.